The van der Waals surface area contributed by atoms with Crippen LogP contribution in [0.15, 0.2) is 97.1 Å². The summed E-state index contributed by atoms with van der Waals surface area (Å²) in [6.45, 7) is 0. The fraction of sp³-hybridized carbons (Fsp3) is 0.474. The minimum atomic E-state index is 1.10. The molecular weight excluding hydrogens is 1710 g/mol. The number of thiophene rings is 10. The van der Waals surface area contributed by atoms with Crippen LogP contribution in [0.5, 0.6) is 0 Å². The molecule has 92 heavy (non-hydrogen) atoms. The van der Waals surface area contributed by atoms with Gasteiger partial charge >= 0.3 is 0 Å². The summed E-state index contributed by atoms with van der Waals surface area (Å²) in [4.78, 5) is 28.8. The summed E-state index contributed by atoms with van der Waals surface area (Å²) >= 11 is 42.4. The van der Waals surface area contributed by atoms with Crippen LogP contribution in [0.1, 0.15) is 183 Å². The summed E-state index contributed by atoms with van der Waals surface area (Å²) in [7, 11) is 0. The highest BCUT2D eigenvalue weighted by Crippen LogP contribution is 2.57. The van der Waals surface area contributed by atoms with Gasteiger partial charge in [0.1, 0.15) is 0 Å². The number of alkyl halides is 6. The van der Waals surface area contributed by atoms with E-state index < -0.39 is 0 Å². The lowest BCUT2D eigenvalue weighted by Gasteiger charge is -2.00. The minimum absolute atomic E-state index is 1.10. The van der Waals surface area contributed by atoms with Crippen LogP contribution in [-0.4, -0.2) is 32.0 Å². The molecule has 0 aliphatic carbocycles. The van der Waals surface area contributed by atoms with Gasteiger partial charge in [0.25, 0.3) is 0 Å². The second-order valence-electron chi connectivity index (χ2n) is 24.1. The fourth-order valence-electron chi connectivity index (χ4n) is 11.9. The molecule has 0 nitrogen and oxygen atoms in total. The SMILES string of the molecule is BrCCCCCCc1ccc(-c2cc(-c3cc(-c4cc(-c5ccc(CCCCCCBr)s5)c(-c5ccc(CCCCCCBr)s5)s4)c(-c4cc(-c5ccc(CCCCCCBr)s5)c(-c5ccc(CCCCCCBr)s5)s4)s3)sc2-c2ccc(CCCCCCBr)s2)s1. The van der Waals surface area contributed by atoms with E-state index in [1.165, 1.54) is 274 Å². The number of halogens is 6. The van der Waals surface area contributed by atoms with Crippen molar-refractivity contribution < 1.29 is 0 Å². The van der Waals surface area contributed by atoms with Crippen molar-refractivity contribution in [1.82, 2.24) is 0 Å². The van der Waals surface area contributed by atoms with Crippen LogP contribution in [-0.2, 0) is 38.5 Å². The first-order chi connectivity index (χ1) is 45.4. The Bertz CT molecular complexity index is 3340. The molecule has 10 heterocycles. The van der Waals surface area contributed by atoms with E-state index in [4.69, 9.17) is 0 Å². The summed E-state index contributed by atoms with van der Waals surface area (Å²) < 4.78 is 0. The Morgan fingerprint density at radius 1 is 0.174 bits per heavy atom. The second kappa shape index (κ2) is 41.0. The molecule has 0 saturated heterocycles. The van der Waals surface area contributed by atoms with Crippen molar-refractivity contribution in [2.75, 3.05) is 32.0 Å². The topological polar surface area (TPSA) is 0 Å². The molecule has 0 radical (unpaired) electrons. The molecule has 0 unspecified atom stereocenters. The van der Waals surface area contributed by atoms with Gasteiger partial charge in [0.2, 0.25) is 0 Å². The fourth-order valence-corrected chi connectivity index (χ4v) is 26.1. The quantitative estimate of drug-likeness (QED) is 0.0264. The zero-order valence-electron chi connectivity index (χ0n) is 53.0. The lowest BCUT2D eigenvalue weighted by atomic mass is 10.1. The highest BCUT2D eigenvalue weighted by molar-refractivity contribution is 9.10. The van der Waals surface area contributed by atoms with Crippen LogP contribution >= 0.6 is 209 Å². The third kappa shape index (κ3) is 21.9. The molecule has 0 aromatic carbocycles. The van der Waals surface area contributed by atoms with Gasteiger partial charge in [-0.3, -0.25) is 0 Å². The maximum Gasteiger partial charge on any atom is 0.0536 e. The van der Waals surface area contributed by atoms with E-state index in [-0.39, 0.29) is 0 Å². The smallest absolute Gasteiger partial charge is 0.0536 e. The van der Waals surface area contributed by atoms with Crippen LogP contribution in [0, 0.1) is 0 Å². The van der Waals surface area contributed by atoms with Gasteiger partial charge in [-0.15, -0.1) is 113 Å². The lowest BCUT2D eigenvalue weighted by molar-refractivity contribution is 0.675. The maximum atomic E-state index is 3.67. The van der Waals surface area contributed by atoms with Crippen molar-refractivity contribution >= 4 is 209 Å². The van der Waals surface area contributed by atoms with Crippen molar-refractivity contribution in [2.45, 2.75) is 193 Å². The standard InChI is InChI=1S/C76H88Br6S10/c77-43-19-7-1-13-25-53-31-37-63(83-53)59-49-69(89-73(59)66-40-34-56(86-66)28-16-4-10-22-46-80)62-51-71(70-50-60(64-38-32-54(84-64)26-14-2-8-20-44-78)74(90-70)67-41-35-57(87-67)29-17-5-11-23-47-81)91-76(62)72-52-61(65-39-33-55(85-65)27-15-3-9-21-45-79)75(92-72)68-42-36-58(88-68)30-18-6-12-24-48-82/h31-42,49-52H,1-30,43-48H2. The third-order valence-corrected chi connectivity index (χ3v) is 32.8. The first-order valence-electron chi connectivity index (χ1n) is 33.8. The maximum absolute atomic E-state index is 3.67. The zero-order valence-corrected chi connectivity index (χ0v) is 70.7. The van der Waals surface area contributed by atoms with Crippen LogP contribution < -0.4 is 0 Å². The van der Waals surface area contributed by atoms with E-state index in [0.717, 1.165) is 70.5 Å². The van der Waals surface area contributed by atoms with Gasteiger partial charge in [-0.05, 0) is 213 Å². The average molecular weight is 1800 g/mol. The first kappa shape index (κ1) is 74.6. The third-order valence-electron chi connectivity index (χ3n) is 16.9. The summed E-state index contributed by atoms with van der Waals surface area (Å²) in [6.07, 6.45) is 37.6. The molecule has 0 N–H and O–H groups in total. The molecule has 10 aromatic heterocycles. The van der Waals surface area contributed by atoms with E-state index in [0.29, 0.717) is 0 Å². The number of hydrogen-bond donors (Lipinski definition) is 0. The van der Waals surface area contributed by atoms with Gasteiger partial charge in [0.15, 0.2) is 0 Å². The first-order valence-corrected chi connectivity index (χ1v) is 48.7. The molecule has 0 saturated carbocycles. The van der Waals surface area contributed by atoms with Crippen LogP contribution in [0.3, 0.4) is 0 Å². The van der Waals surface area contributed by atoms with E-state index in [9.17, 15) is 0 Å². The molecule has 0 aliphatic heterocycles. The van der Waals surface area contributed by atoms with Crippen LogP contribution in [0.25, 0.3) is 90.5 Å². The van der Waals surface area contributed by atoms with Crippen molar-refractivity contribution in [3.8, 4) is 90.5 Å². The Kier molecular flexibility index (Phi) is 33.2. The molecule has 0 atom stereocenters. The highest BCUT2D eigenvalue weighted by Gasteiger charge is 2.27. The summed E-state index contributed by atoms with van der Waals surface area (Å²) in [5, 5.41) is 6.60. The van der Waals surface area contributed by atoms with Crippen molar-refractivity contribution in [2.24, 2.45) is 0 Å². The zero-order chi connectivity index (χ0) is 63.7. The van der Waals surface area contributed by atoms with Gasteiger partial charge in [-0.1, -0.05) is 173 Å². The van der Waals surface area contributed by atoms with Gasteiger partial charge in [-0.2, -0.15) is 0 Å². The average Bonchev–Trinajstić information content (AvgIpc) is 1.61. The van der Waals surface area contributed by atoms with Crippen molar-refractivity contribution in [3.63, 3.8) is 0 Å². The summed E-state index contributed by atoms with van der Waals surface area (Å²) in [5.74, 6) is 0. The van der Waals surface area contributed by atoms with E-state index in [1.54, 1.807) is 0 Å². The lowest BCUT2D eigenvalue weighted by Crippen LogP contribution is -1.82. The Morgan fingerprint density at radius 3 is 0.652 bits per heavy atom. The summed E-state index contributed by atoms with van der Waals surface area (Å²) in [5.41, 5.74) is 5.60. The molecule has 0 bridgehead atoms. The Morgan fingerprint density at radius 2 is 0.370 bits per heavy atom. The highest BCUT2D eigenvalue weighted by atomic mass is 79.9. The predicted molar refractivity (Wildman–Crippen MR) is 450 cm³/mol. The normalized spacial score (nSPS) is 11.8. The van der Waals surface area contributed by atoms with E-state index >= 15 is 0 Å². The van der Waals surface area contributed by atoms with Gasteiger partial charge in [0, 0.05) is 132 Å². The molecule has 10 aromatic rings. The minimum Gasteiger partial charge on any atom is -0.140 e. The van der Waals surface area contributed by atoms with Gasteiger partial charge < -0.3 is 0 Å². The predicted octanol–water partition coefficient (Wildman–Crippen LogP) is 32.3. The van der Waals surface area contributed by atoms with E-state index in [2.05, 4.69) is 193 Å². The Labute approximate surface area is 642 Å². The number of rotatable bonds is 45. The molecule has 0 aliphatic rings. The Balaban J connectivity index is 1.10. The number of hydrogen-bond acceptors (Lipinski definition) is 10. The van der Waals surface area contributed by atoms with Gasteiger partial charge in [-0.25, -0.2) is 0 Å². The molecule has 0 fully saturated rings. The Hall–Kier alpha value is -0.120. The largest absolute Gasteiger partial charge is 0.140 e. The number of unbranched alkanes of at least 4 members (excludes halogenated alkanes) is 18. The molecule has 10 rings (SSSR count). The molecule has 0 spiro atoms. The molecule has 0 amide bonds. The van der Waals surface area contributed by atoms with Crippen molar-refractivity contribution in [1.29, 1.82) is 0 Å². The number of aryl methyl sites for hydroxylation is 6. The van der Waals surface area contributed by atoms with Crippen molar-refractivity contribution in [3.05, 3.63) is 126 Å². The second-order valence-corrected chi connectivity index (χ2v) is 40.1. The molecule has 494 valence electrons. The van der Waals surface area contributed by atoms with Crippen LogP contribution in [0.2, 0.25) is 0 Å². The molecular formula is C76H88Br6S10. The summed E-state index contributed by atoms with van der Waals surface area (Å²) in [6, 6.07) is 39.9. The van der Waals surface area contributed by atoms with Crippen LogP contribution in [0.4, 0.5) is 0 Å². The van der Waals surface area contributed by atoms with Gasteiger partial charge in [0.05, 0.1) is 19.5 Å². The monoisotopic (exact) mass is 1790 g/mol. The van der Waals surface area contributed by atoms with E-state index in [1.807, 2.05) is 113 Å². The molecule has 16 heteroatoms.